The number of benzene rings is 1. The van der Waals surface area contributed by atoms with E-state index >= 15 is 0 Å². The van der Waals surface area contributed by atoms with Gasteiger partial charge in [-0.1, -0.05) is 17.7 Å². The van der Waals surface area contributed by atoms with Crippen LogP contribution in [-0.4, -0.2) is 34.5 Å². The fourth-order valence-electron chi connectivity index (χ4n) is 2.14. The van der Waals surface area contributed by atoms with Crippen LogP contribution in [0.15, 0.2) is 24.3 Å². The van der Waals surface area contributed by atoms with E-state index in [2.05, 4.69) is 0 Å². The summed E-state index contributed by atoms with van der Waals surface area (Å²) in [5.41, 5.74) is 1.79. The zero-order valence-electron chi connectivity index (χ0n) is 9.42. The lowest BCUT2D eigenvalue weighted by Crippen LogP contribution is -2.32. The van der Waals surface area contributed by atoms with E-state index in [0.29, 0.717) is 17.3 Å². The van der Waals surface area contributed by atoms with Gasteiger partial charge in [-0.25, -0.2) is 9.69 Å². The second-order valence-electron chi connectivity index (χ2n) is 4.28. The summed E-state index contributed by atoms with van der Waals surface area (Å²) >= 11 is 1.63. The number of imide groups is 1. The van der Waals surface area contributed by atoms with Crippen molar-refractivity contribution in [2.45, 2.75) is 13.0 Å². The molecule has 3 rings (SSSR count). The van der Waals surface area contributed by atoms with Gasteiger partial charge in [0.1, 0.15) is 6.04 Å². The van der Waals surface area contributed by atoms with Gasteiger partial charge in [0.05, 0.1) is 11.6 Å². The zero-order valence-corrected chi connectivity index (χ0v) is 10.2. The molecule has 0 N–H and O–H groups in total. The van der Waals surface area contributed by atoms with Gasteiger partial charge >= 0.3 is 6.03 Å². The highest BCUT2D eigenvalue weighted by atomic mass is 32.2. The summed E-state index contributed by atoms with van der Waals surface area (Å²) in [6.07, 6.45) is 0. The molecule has 2 aliphatic rings. The molecule has 0 bridgehead atoms. The van der Waals surface area contributed by atoms with Crippen molar-refractivity contribution in [1.29, 1.82) is 0 Å². The van der Waals surface area contributed by atoms with Crippen molar-refractivity contribution in [1.82, 2.24) is 4.90 Å². The summed E-state index contributed by atoms with van der Waals surface area (Å²) < 4.78 is 0. The third-order valence-corrected chi connectivity index (χ3v) is 4.13. The van der Waals surface area contributed by atoms with Crippen molar-refractivity contribution in [3.05, 3.63) is 29.8 Å². The van der Waals surface area contributed by atoms with Crippen molar-refractivity contribution in [3.8, 4) is 0 Å². The van der Waals surface area contributed by atoms with Crippen LogP contribution in [0.2, 0.25) is 0 Å². The first-order valence-electron chi connectivity index (χ1n) is 5.47. The summed E-state index contributed by atoms with van der Waals surface area (Å²) in [6.45, 7) is 1.98. The van der Waals surface area contributed by atoms with E-state index < -0.39 is 0 Å². The van der Waals surface area contributed by atoms with Gasteiger partial charge in [0.15, 0.2) is 0 Å². The van der Waals surface area contributed by atoms with Crippen LogP contribution >= 0.6 is 11.8 Å². The molecule has 0 unspecified atom stereocenters. The van der Waals surface area contributed by atoms with Crippen molar-refractivity contribution < 1.29 is 9.59 Å². The minimum atomic E-state index is -0.256. The highest BCUT2D eigenvalue weighted by Gasteiger charge is 2.48. The molecule has 2 saturated heterocycles. The number of carbonyl (C=O) groups excluding carboxylic acids is 2. The van der Waals surface area contributed by atoms with Crippen LogP contribution < -0.4 is 4.90 Å². The number of amides is 3. The van der Waals surface area contributed by atoms with E-state index in [1.165, 1.54) is 4.90 Å². The molecule has 2 aliphatic heterocycles. The topological polar surface area (TPSA) is 40.6 Å². The molecular weight excluding hydrogens is 236 g/mol. The quantitative estimate of drug-likeness (QED) is 0.712. The normalized spacial score (nSPS) is 23.5. The van der Waals surface area contributed by atoms with E-state index in [0.717, 1.165) is 5.56 Å². The molecule has 0 aromatic heterocycles. The number of hydrogen-bond acceptors (Lipinski definition) is 3. The van der Waals surface area contributed by atoms with Crippen LogP contribution in [0, 0.1) is 6.92 Å². The predicted octanol–water partition coefficient (Wildman–Crippen LogP) is 1.84. The molecule has 0 aliphatic carbocycles. The van der Waals surface area contributed by atoms with Crippen LogP contribution in [0.25, 0.3) is 0 Å². The van der Waals surface area contributed by atoms with E-state index in [4.69, 9.17) is 0 Å². The van der Waals surface area contributed by atoms with Gasteiger partial charge in [-0.15, -0.1) is 11.8 Å². The SMILES string of the molecule is Cc1ccc(N2C(=O)[C@@H]3CSCN3C2=O)cc1. The molecule has 0 saturated carbocycles. The number of thioether (sulfide) groups is 1. The van der Waals surface area contributed by atoms with Crippen LogP contribution in [0.4, 0.5) is 10.5 Å². The zero-order chi connectivity index (χ0) is 12.0. The average molecular weight is 248 g/mol. The summed E-state index contributed by atoms with van der Waals surface area (Å²) in [5.74, 6) is 1.24. The molecule has 1 aromatic rings. The maximum Gasteiger partial charge on any atom is 0.332 e. The Bertz CT molecular complexity index is 464. The number of hydrogen-bond donors (Lipinski definition) is 0. The van der Waals surface area contributed by atoms with Gasteiger partial charge in [0.25, 0.3) is 5.91 Å². The Morgan fingerprint density at radius 3 is 2.59 bits per heavy atom. The summed E-state index contributed by atoms with van der Waals surface area (Å²) in [4.78, 5) is 27.2. The Morgan fingerprint density at radius 2 is 1.94 bits per heavy atom. The Hall–Kier alpha value is -1.49. The number of carbonyl (C=O) groups is 2. The number of fused-ring (bicyclic) bond motifs is 1. The molecule has 17 heavy (non-hydrogen) atoms. The van der Waals surface area contributed by atoms with E-state index in [1.807, 2.05) is 31.2 Å². The van der Waals surface area contributed by atoms with Gasteiger partial charge in [0.2, 0.25) is 0 Å². The highest BCUT2D eigenvalue weighted by molar-refractivity contribution is 7.99. The Morgan fingerprint density at radius 1 is 1.24 bits per heavy atom. The number of aryl methyl sites for hydroxylation is 1. The average Bonchev–Trinajstić information content (AvgIpc) is 2.87. The van der Waals surface area contributed by atoms with E-state index in [1.54, 1.807) is 16.7 Å². The molecule has 4 nitrogen and oxygen atoms in total. The minimum absolute atomic E-state index is 0.0937. The van der Waals surface area contributed by atoms with Crippen LogP contribution in [0.1, 0.15) is 5.56 Å². The summed E-state index contributed by atoms with van der Waals surface area (Å²) in [6, 6.07) is 7.02. The molecule has 1 atom stereocenters. The lowest BCUT2D eigenvalue weighted by Gasteiger charge is -2.15. The highest BCUT2D eigenvalue weighted by Crippen LogP contribution is 2.32. The monoisotopic (exact) mass is 248 g/mol. The van der Waals surface area contributed by atoms with Crippen molar-refractivity contribution >= 4 is 29.4 Å². The first-order chi connectivity index (χ1) is 8.18. The molecule has 0 radical (unpaired) electrons. The van der Waals surface area contributed by atoms with Gasteiger partial charge in [-0.2, -0.15) is 0 Å². The van der Waals surface area contributed by atoms with Gasteiger partial charge in [0, 0.05) is 5.75 Å². The van der Waals surface area contributed by atoms with Gasteiger partial charge in [-0.3, -0.25) is 4.79 Å². The van der Waals surface area contributed by atoms with Crippen molar-refractivity contribution in [2.24, 2.45) is 0 Å². The third-order valence-electron chi connectivity index (χ3n) is 3.12. The molecule has 2 heterocycles. The molecule has 3 amide bonds. The molecule has 2 fully saturated rings. The van der Waals surface area contributed by atoms with Gasteiger partial charge < -0.3 is 4.90 Å². The number of anilines is 1. The third kappa shape index (κ3) is 1.53. The van der Waals surface area contributed by atoms with Crippen LogP contribution in [-0.2, 0) is 4.79 Å². The standard InChI is InChI=1S/C12H12N2O2S/c1-8-2-4-9(5-3-8)14-11(15)10-6-17-7-13(10)12(14)16/h2-5,10H,6-7H2,1H3/t10-/m0/s1. The Balaban J connectivity index is 1.96. The smallest absolute Gasteiger partial charge is 0.302 e. The minimum Gasteiger partial charge on any atom is -0.302 e. The fraction of sp³-hybridized carbons (Fsp3) is 0.333. The first kappa shape index (κ1) is 10.7. The van der Waals surface area contributed by atoms with E-state index in [-0.39, 0.29) is 18.0 Å². The van der Waals surface area contributed by atoms with E-state index in [9.17, 15) is 9.59 Å². The van der Waals surface area contributed by atoms with Crippen molar-refractivity contribution in [3.63, 3.8) is 0 Å². The lowest BCUT2D eigenvalue weighted by atomic mass is 10.2. The molecule has 1 aromatic carbocycles. The number of rotatable bonds is 1. The van der Waals surface area contributed by atoms with Crippen molar-refractivity contribution in [2.75, 3.05) is 16.5 Å². The Labute approximate surface area is 104 Å². The number of nitrogens with zero attached hydrogens (tertiary/aromatic N) is 2. The molecule has 5 heteroatoms. The fourth-order valence-corrected chi connectivity index (χ4v) is 3.28. The summed E-state index contributed by atoms with van der Waals surface area (Å²) in [7, 11) is 0. The molecule has 88 valence electrons. The predicted molar refractivity (Wildman–Crippen MR) is 67.0 cm³/mol. The lowest BCUT2D eigenvalue weighted by molar-refractivity contribution is -0.118. The second kappa shape index (κ2) is 3.77. The van der Waals surface area contributed by atoms with Crippen LogP contribution in [0.5, 0.6) is 0 Å². The first-order valence-corrected chi connectivity index (χ1v) is 6.63. The summed E-state index contributed by atoms with van der Waals surface area (Å²) in [5, 5.41) is 0. The molecular formula is C12H12N2O2S. The second-order valence-corrected chi connectivity index (χ2v) is 5.28. The Kier molecular flexibility index (Phi) is 2.36. The maximum absolute atomic E-state index is 12.1. The maximum atomic E-state index is 12.1. The van der Waals surface area contributed by atoms with Gasteiger partial charge in [-0.05, 0) is 19.1 Å². The molecule has 0 spiro atoms. The number of urea groups is 1. The largest absolute Gasteiger partial charge is 0.332 e. The van der Waals surface area contributed by atoms with Crippen LogP contribution in [0.3, 0.4) is 0 Å².